The van der Waals surface area contributed by atoms with Crippen LogP contribution in [0, 0.1) is 0 Å². The second kappa shape index (κ2) is 10.5. The molecule has 7 nitrogen and oxygen atoms in total. The molecule has 1 aliphatic heterocycles. The Morgan fingerprint density at radius 1 is 0.917 bits per heavy atom. The highest BCUT2D eigenvalue weighted by atomic mass is 35.5. The van der Waals surface area contributed by atoms with E-state index in [1.165, 1.54) is 17.0 Å². The normalized spacial score (nSPS) is 15.8. The van der Waals surface area contributed by atoms with Crippen LogP contribution in [-0.2, 0) is 4.79 Å². The predicted molar refractivity (Wildman–Crippen MR) is 137 cm³/mol. The number of phenols is 1. The van der Waals surface area contributed by atoms with E-state index in [0.29, 0.717) is 46.5 Å². The van der Waals surface area contributed by atoms with E-state index in [-0.39, 0.29) is 23.6 Å². The minimum absolute atomic E-state index is 0.0635. The Balaban J connectivity index is 1.59. The van der Waals surface area contributed by atoms with Crippen LogP contribution in [0.2, 0.25) is 5.02 Å². The Morgan fingerprint density at radius 3 is 2.28 bits per heavy atom. The number of ether oxygens (including phenoxy) is 2. The van der Waals surface area contributed by atoms with Crippen LogP contribution >= 0.6 is 11.6 Å². The Morgan fingerprint density at radius 2 is 1.58 bits per heavy atom. The average Bonchev–Trinajstić information content (AvgIpc) is 3.41. The Labute approximate surface area is 214 Å². The molecule has 36 heavy (non-hydrogen) atoms. The van der Waals surface area contributed by atoms with Crippen molar-refractivity contribution in [2.24, 2.45) is 0 Å². The second-order valence-electron chi connectivity index (χ2n) is 8.99. The van der Waals surface area contributed by atoms with Crippen molar-refractivity contribution in [2.75, 3.05) is 18.1 Å². The van der Waals surface area contributed by atoms with Crippen LogP contribution in [-0.4, -0.2) is 36.2 Å². The Bertz CT molecular complexity index is 1240. The Hall–Kier alpha value is -3.71. The summed E-state index contributed by atoms with van der Waals surface area (Å²) in [6.07, 6.45) is 3.94. The van der Waals surface area contributed by atoms with Crippen LogP contribution in [0.4, 0.5) is 5.69 Å². The quantitative estimate of drug-likeness (QED) is 0.476. The highest BCUT2D eigenvalue weighted by molar-refractivity contribution is 6.30. The fraction of sp³-hybridized carbons (Fsp3) is 0.286. The third-order valence-corrected chi connectivity index (χ3v) is 6.78. The monoisotopic (exact) mass is 506 g/mol. The van der Waals surface area contributed by atoms with E-state index >= 15 is 0 Å². The zero-order valence-electron chi connectivity index (χ0n) is 19.7. The van der Waals surface area contributed by atoms with Crippen molar-refractivity contribution < 1.29 is 24.2 Å². The van der Waals surface area contributed by atoms with Crippen molar-refractivity contribution in [3.63, 3.8) is 0 Å². The smallest absolute Gasteiger partial charge is 0.259 e. The van der Waals surface area contributed by atoms with Crippen molar-refractivity contribution in [1.82, 2.24) is 5.32 Å². The van der Waals surface area contributed by atoms with Crippen molar-refractivity contribution in [2.45, 2.75) is 37.8 Å². The maximum atomic E-state index is 14.1. The lowest BCUT2D eigenvalue weighted by molar-refractivity contribution is -0.123. The molecule has 0 spiro atoms. The molecule has 2 aliphatic rings. The average molecular weight is 507 g/mol. The largest absolute Gasteiger partial charge is 0.508 e. The number of carbonyl (C=O) groups excluding carboxylic acids is 2. The highest BCUT2D eigenvalue weighted by Gasteiger charge is 2.35. The molecule has 186 valence electrons. The van der Waals surface area contributed by atoms with Gasteiger partial charge in [-0.1, -0.05) is 36.6 Å². The number of anilines is 1. The van der Waals surface area contributed by atoms with Gasteiger partial charge in [0.2, 0.25) is 5.91 Å². The number of hydrogen-bond donors (Lipinski definition) is 2. The van der Waals surface area contributed by atoms with Gasteiger partial charge in [0.15, 0.2) is 11.5 Å². The zero-order chi connectivity index (χ0) is 25.1. The number of nitrogens with zero attached hydrogens (tertiary/aromatic N) is 1. The minimum atomic E-state index is -0.979. The molecule has 1 aliphatic carbocycles. The van der Waals surface area contributed by atoms with Gasteiger partial charge in [0.25, 0.3) is 5.91 Å². The first-order chi connectivity index (χ1) is 17.5. The topological polar surface area (TPSA) is 88.1 Å². The summed E-state index contributed by atoms with van der Waals surface area (Å²) in [6, 6.07) is 17.3. The molecule has 3 aromatic carbocycles. The van der Waals surface area contributed by atoms with Gasteiger partial charge in [0.05, 0.1) is 0 Å². The van der Waals surface area contributed by atoms with E-state index < -0.39 is 6.04 Å². The summed E-state index contributed by atoms with van der Waals surface area (Å²) in [4.78, 5) is 29.4. The molecular formula is C28H27ClN2O5. The van der Waals surface area contributed by atoms with Gasteiger partial charge >= 0.3 is 0 Å². The van der Waals surface area contributed by atoms with Crippen LogP contribution in [0.3, 0.4) is 0 Å². The van der Waals surface area contributed by atoms with Gasteiger partial charge in [-0.2, -0.15) is 0 Å². The molecular weight excluding hydrogens is 480 g/mol. The van der Waals surface area contributed by atoms with Gasteiger partial charge in [-0.25, -0.2) is 0 Å². The van der Waals surface area contributed by atoms with Gasteiger partial charge < -0.3 is 19.9 Å². The third kappa shape index (κ3) is 5.11. The molecule has 0 aromatic heterocycles. The first-order valence-electron chi connectivity index (χ1n) is 12.1. The molecule has 5 rings (SSSR count). The molecule has 1 fully saturated rings. The van der Waals surface area contributed by atoms with Crippen molar-refractivity contribution in [1.29, 1.82) is 0 Å². The number of rotatable bonds is 6. The molecule has 0 radical (unpaired) electrons. The van der Waals surface area contributed by atoms with Gasteiger partial charge in [-0.3, -0.25) is 14.5 Å². The van der Waals surface area contributed by atoms with Crippen molar-refractivity contribution >= 4 is 29.1 Å². The lowest BCUT2D eigenvalue weighted by Gasteiger charge is -2.32. The number of carbonyl (C=O) groups is 2. The lowest BCUT2D eigenvalue weighted by Crippen LogP contribution is -2.46. The number of hydrogen-bond acceptors (Lipinski definition) is 5. The van der Waals surface area contributed by atoms with Crippen LogP contribution in [0.5, 0.6) is 17.2 Å². The third-order valence-electron chi connectivity index (χ3n) is 6.53. The molecule has 8 heteroatoms. The summed E-state index contributed by atoms with van der Waals surface area (Å²) in [5.74, 6) is 0.469. The fourth-order valence-corrected chi connectivity index (χ4v) is 4.85. The number of halogens is 1. The van der Waals surface area contributed by atoms with Gasteiger partial charge in [-0.15, -0.1) is 0 Å². The van der Waals surface area contributed by atoms with Gasteiger partial charge in [0, 0.05) is 22.3 Å². The molecule has 2 amide bonds. The summed E-state index contributed by atoms with van der Waals surface area (Å²) in [5.41, 5.74) is 1.44. The molecule has 2 N–H and O–H groups in total. The summed E-state index contributed by atoms with van der Waals surface area (Å²) in [5, 5.41) is 13.5. The van der Waals surface area contributed by atoms with E-state index in [4.69, 9.17) is 21.1 Å². The van der Waals surface area contributed by atoms with E-state index in [1.54, 1.807) is 54.6 Å². The summed E-state index contributed by atoms with van der Waals surface area (Å²) < 4.78 is 11.3. The summed E-state index contributed by atoms with van der Waals surface area (Å²) in [6.45, 7) is 0.840. The standard InChI is InChI=1S/C28H27ClN2O5/c29-20-8-10-22(11-9-20)31(28(34)19-7-14-24-25(17-19)36-16-15-35-24)26(18-5-12-23(32)13-6-18)27(33)30-21-3-1-2-4-21/h5-14,17,21,26,32H,1-4,15-16H2,(H,30,33)/t26-/m1/s1. The van der Waals surface area contributed by atoms with E-state index in [1.807, 2.05) is 0 Å². The van der Waals surface area contributed by atoms with E-state index in [2.05, 4.69) is 5.32 Å². The fourth-order valence-electron chi connectivity index (χ4n) is 4.73. The highest BCUT2D eigenvalue weighted by Crippen LogP contribution is 2.35. The number of phenolic OH excluding ortho intramolecular Hbond substituents is 1. The van der Waals surface area contributed by atoms with Crippen LogP contribution in [0.1, 0.15) is 47.6 Å². The van der Waals surface area contributed by atoms with Crippen molar-refractivity contribution in [3.05, 3.63) is 82.9 Å². The zero-order valence-corrected chi connectivity index (χ0v) is 20.4. The Kier molecular flexibility index (Phi) is 7.00. The minimum Gasteiger partial charge on any atom is -0.508 e. The molecule has 3 aromatic rings. The molecule has 1 atom stereocenters. The first-order valence-corrected chi connectivity index (χ1v) is 12.5. The lowest BCUT2D eigenvalue weighted by atomic mass is 10.0. The maximum Gasteiger partial charge on any atom is 0.259 e. The SMILES string of the molecule is O=C(NC1CCCC1)[C@@H](c1ccc(O)cc1)N(C(=O)c1ccc2c(c1)OCCO2)c1ccc(Cl)cc1. The van der Waals surface area contributed by atoms with Gasteiger partial charge in [0.1, 0.15) is 25.0 Å². The van der Waals surface area contributed by atoms with Crippen LogP contribution in [0.15, 0.2) is 66.7 Å². The van der Waals surface area contributed by atoms with E-state index in [0.717, 1.165) is 25.7 Å². The summed E-state index contributed by atoms with van der Waals surface area (Å²) in [7, 11) is 0. The summed E-state index contributed by atoms with van der Waals surface area (Å²) >= 11 is 6.14. The number of aromatic hydroxyl groups is 1. The van der Waals surface area contributed by atoms with Crippen LogP contribution in [0.25, 0.3) is 0 Å². The molecule has 0 saturated heterocycles. The molecule has 0 unspecified atom stereocenters. The van der Waals surface area contributed by atoms with Gasteiger partial charge in [-0.05, 0) is 73.0 Å². The number of amides is 2. The molecule has 1 saturated carbocycles. The molecule has 1 heterocycles. The van der Waals surface area contributed by atoms with E-state index in [9.17, 15) is 14.7 Å². The first kappa shape index (κ1) is 24.0. The number of benzene rings is 3. The van der Waals surface area contributed by atoms with Crippen molar-refractivity contribution in [3.8, 4) is 17.2 Å². The number of nitrogens with one attached hydrogen (secondary N) is 1. The maximum absolute atomic E-state index is 14.1. The van der Waals surface area contributed by atoms with Crippen LogP contribution < -0.4 is 19.7 Å². The predicted octanol–water partition coefficient (Wildman–Crippen LogP) is 5.26. The second-order valence-corrected chi connectivity index (χ2v) is 9.43. The molecule has 0 bridgehead atoms. The number of fused-ring (bicyclic) bond motifs is 1.